The van der Waals surface area contributed by atoms with Gasteiger partial charge in [-0.2, -0.15) is 0 Å². The monoisotopic (exact) mass is 298 g/mol. The Hall–Kier alpha value is -2.70. The third-order valence-corrected chi connectivity index (χ3v) is 4.33. The van der Waals surface area contributed by atoms with Gasteiger partial charge in [0.1, 0.15) is 17.3 Å². The summed E-state index contributed by atoms with van der Waals surface area (Å²) in [6.07, 6.45) is 6.07. The van der Waals surface area contributed by atoms with E-state index >= 15 is 0 Å². The molecule has 0 amide bonds. The normalized spacial score (nSPS) is 17.0. The number of hydrogen-bond acceptors (Lipinski definition) is 6. The highest BCUT2D eigenvalue weighted by Crippen LogP contribution is 2.43. The summed E-state index contributed by atoms with van der Waals surface area (Å²) < 4.78 is 0. The first-order valence-corrected chi connectivity index (χ1v) is 7.11. The summed E-state index contributed by atoms with van der Waals surface area (Å²) in [5.74, 6) is 0.634. The fraction of sp³-hybridized carbons (Fsp3) is 0.333. The van der Waals surface area contributed by atoms with Gasteiger partial charge in [-0.05, 0) is 31.4 Å². The summed E-state index contributed by atoms with van der Waals surface area (Å²) in [4.78, 5) is 12.9. The number of amidine groups is 1. The van der Waals surface area contributed by atoms with E-state index in [-0.39, 0.29) is 11.3 Å². The zero-order chi connectivity index (χ0) is 15.7. The number of pyridine rings is 1. The number of aromatic nitrogens is 3. The smallest absolute Gasteiger partial charge is 0.149 e. The molecule has 1 saturated carbocycles. The van der Waals surface area contributed by atoms with Gasteiger partial charge in [-0.1, -0.05) is 17.6 Å². The Morgan fingerprint density at radius 1 is 1.27 bits per heavy atom. The molecule has 0 aliphatic heterocycles. The predicted molar refractivity (Wildman–Crippen MR) is 83.4 cm³/mol. The van der Waals surface area contributed by atoms with Crippen molar-refractivity contribution in [2.24, 2.45) is 10.9 Å². The third-order valence-electron chi connectivity index (χ3n) is 4.33. The van der Waals surface area contributed by atoms with Crippen molar-refractivity contribution in [2.45, 2.75) is 31.6 Å². The van der Waals surface area contributed by atoms with Crippen molar-refractivity contribution in [3.05, 3.63) is 35.8 Å². The first kappa shape index (κ1) is 14.2. The molecular formula is C15H18N6O. The van der Waals surface area contributed by atoms with Crippen LogP contribution >= 0.6 is 0 Å². The van der Waals surface area contributed by atoms with Crippen molar-refractivity contribution < 1.29 is 5.21 Å². The van der Waals surface area contributed by atoms with Crippen LogP contribution in [0.1, 0.15) is 30.5 Å². The Bertz CT molecular complexity index is 721. The quantitative estimate of drug-likeness (QED) is 0.342. The Kier molecular flexibility index (Phi) is 3.40. The molecule has 3 rings (SSSR count). The van der Waals surface area contributed by atoms with E-state index in [1.54, 1.807) is 6.20 Å². The van der Waals surface area contributed by atoms with E-state index in [1.165, 1.54) is 6.20 Å². The zero-order valence-corrected chi connectivity index (χ0v) is 12.3. The lowest BCUT2D eigenvalue weighted by atomic mass is 9.64. The lowest BCUT2D eigenvalue weighted by Crippen LogP contribution is -2.47. The van der Waals surface area contributed by atoms with Crippen molar-refractivity contribution in [1.29, 1.82) is 0 Å². The predicted octanol–water partition coefficient (Wildman–Crippen LogP) is 1.60. The molecule has 22 heavy (non-hydrogen) atoms. The van der Waals surface area contributed by atoms with Crippen LogP contribution in [-0.2, 0) is 5.41 Å². The minimum atomic E-state index is -0.387. The van der Waals surface area contributed by atoms with Crippen LogP contribution in [0.3, 0.4) is 0 Å². The van der Waals surface area contributed by atoms with Crippen LogP contribution in [0.15, 0.2) is 29.7 Å². The van der Waals surface area contributed by atoms with Gasteiger partial charge in [0.15, 0.2) is 0 Å². The molecule has 0 bridgehead atoms. The fourth-order valence-electron chi connectivity index (χ4n) is 2.89. The average Bonchev–Trinajstić information content (AvgIpc) is 2.47. The van der Waals surface area contributed by atoms with Gasteiger partial charge < -0.3 is 16.7 Å². The molecule has 5 N–H and O–H groups in total. The molecule has 1 aliphatic carbocycles. The summed E-state index contributed by atoms with van der Waals surface area (Å²) in [5, 5.41) is 12.2. The molecule has 0 aromatic carbocycles. The molecule has 2 aromatic rings. The molecule has 2 aromatic heterocycles. The second-order valence-corrected chi connectivity index (χ2v) is 5.58. The van der Waals surface area contributed by atoms with Gasteiger partial charge in [-0.25, -0.2) is 9.97 Å². The van der Waals surface area contributed by atoms with Crippen LogP contribution in [0.2, 0.25) is 0 Å². The number of anilines is 1. The lowest BCUT2D eigenvalue weighted by molar-refractivity contribution is 0.286. The van der Waals surface area contributed by atoms with Crippen molar-refractivity contribution in [3.8, 4) is 11.4 Å². The molecule has 7 heteroatoms. The molecule has 0 saturated heterocycles. The van der Waals surface area contributed by atoms with E-state index in [9.17, 15) is 0 Å². The molecule has 0 atom stereocenters. The third kappa shape index (κ3) is 2.14. The highest BCUT2D eigenvalue weighted by atomic mass is 16.4. The van der Waals surface area contributed by atoms with Crippen molar-refractivity contribution in [3.63, 3.8) is 0 Å². The Morgan fingerprint density at radius 3 is 2.55 bits per heavy atom. The molecule has 0 unspecified atom stereocenters. The second-order valence-electron chi connectivity index (χ2n) is 5.58. The molecular weight excluding hydrogens is 280 g/mol. The maximum atomic E-state index is 9.00. The maximum Gasteiger partial charge on any atom is 0.149 e. The first-order chi connectivity index (χ1) is 10.6. The number of nitrogens with two attached hydrogens (primary N) is 2. The first-order valence-electron chi connectivity index (χ1n) is 7.11. The minimum Gasteiger partial charge on any atom is -0.409 e. The number of hydrogen-bond donors (Lipinski definition) is 3. The number of rotatable bonds is 3. The molecule has 1 fully saturated rings. The van der Waals surface area contributed by atoms with Crippen LogP contribution in [0, 0.1) is 6.92 Å². The van der Waals surface area contributed by atoms with E-state index in [2.05, 4.69) is 20.1 Å². The largest absolute Gasteiger partial charge is 0.409 e. The highest BCUT2D eigenvalue weighted by molar-refractivity contribution is 5.92. The van der Waals surface area contributed by atoms with E-state index in [0.717, 1.165) is 36.2 Å². The molecule has 114 valence electrons. The second kappa shape index (κ2) is 5.25. The summed E-state index contributed by atoms with van der Waals surface area (Å²) in [5.41, 5.74) is 14.2. The Labute approximate surface area is 128 Å². The summed E-state index contributed by atoms with van der Waals surface area (Å²) in [7, 11) is 0. The van der Waals surface area contributed by atoms with Crippen LogP contribution in [-0.4, -0.2) is 26.0 Å². The number of nitrogen functional groups attached to an aromatic ring is 1. The van der Waals surface area contributed by atoms with Crippen LogP contribution in [0.5, 0.6) is 0 Å². The molecule has 1 aliphatic rings. The van der Waals surface area contributed by atoms with Gasteiger partial charge in [0.2, 0.25) is 0 Å². The number of oxime groups is 1. The number of aryl methyl sites for hydroxylation is 1. The molecule has 7 nitrogen and oxygen atoms in total. The number of nitrogens with zero attached hydrogens (tertiary/aromatic N) is 4. The summed E-state index contributed by atoms with van der Waals surface area (Å²) in [6, 6.07) is 3.84. The van der Waals surface area contributed by atoms with Gasteiger partial charge in [0, 0.05) is 6.20 Å². The Balaban J connectivity index is 1.96. The van der Waals surface area contributed by atoms with Crippen molar-refractivity contribution in [1.82, 2.24) is 15.0 Å². The van der Waals surface area contributed by atoms with E-state index in [4.69, 9.17) is 16.7 Å². The van der Waals surface area contributed by atoms with E-state index in [1.807, 2.05) is 19.1 Å². The average molecular weight is 298 g/mol. The van der Waals surface area contributed by atoms with Crippen LogP contribution in [0.4, 0.5) is 5.82 Å². The fourth-order valence-corrected chi connectivity index (χ4v) is 2.89. The molecule has 2 heterocycles. The van der Waals surface area contributed by atoms with E-state index < -0.39 is 0 Å². The summed E-state index contributed by atoms with van der Waals surface area (Å²) in [6.45, 7) is 1.85. The van der Waals surface area contributed by atoms with Crippen molar-refractivity contribution in [2.75, 3.05) is 5.73 Å². The topological polar surface area (TPSA) is 123 Å². The molecule has 0 spiro atoms. The van der Waals surface area contributed by atoms with Crippen LogP contribution < -0.4 is 11.5 Å². The van der Waals surface area contributed by atoms with Gasteiger partial charge in [0.25, 0.3) is 0 Å². The summed E-state index contributed by atoms with van der Waals surface area (Å²) >= 11 is 0. The highest BCUT2D eigenvalue weighted by Gasteiger charge is 2.43. The molecule has 0 radical (unpaired) electrons. The SMILES string of the molecule is Cc1nc(N)cnc1-c1ccc(C2(/C(N)=N/O)CCC2)cn1. The maximum absolute atomic E-state index is 9.00. The Morgan fingerprint density at radius 2 is 2.05 bits per heavy atom. The van der Waals surface area contributed by atoms with Gasteiger partial charge >= 0.3 is 0 Å². The lowest BCUT2D eigenvalue weighted by Gasteiger charge is -2.40. The minimum absolute atomic E-state index is 0.247. The standard InChI is InChI=1S/C15H18N6O/c1-9-13(19-8-12(16)20-9)11-4-3-10(7-18-11)15(5-2-6-15)14(17)21-22/h3-4,7-8,22H,2,5-6H2,1H3,(H2,16,20)(H2,17,21). The zero-order valence-electron chi connectivity index (χ0n) is 12.3. The van der Waals surface area contributed by atoms with Gasteiger partial charge in [-0.15, -0.1) is 0 Å². The van der Waals surface area contributed by atoms with Crippen LogP contribution in [0.25, 0.3) is 11.4 Å². The van der Waals surface area contributed by atoms with Crippen molar-refractivity contribution >= 4 is 11.7 Å². The van der Waals surface area contributed by atoms with Gasteiger partial charge in [0.05, 0.1) is 23.0 Å². The van der Waals surface area contributed by atoms with E-state index in [0.29, 0.717) is 11.5 Å². The van der Waals surface area contributed by atoms with Gasteiger partial charge in [-0.3, -0.25) is 4.98 Å².